The van der Waals surface area contributed by atoms with E-state index >= 15 is 0 Å². The third-order valence-corrected chi connectivity index (χ3v) is 5.44. The molecule has 6 nitrogen and oxygen atoms in total. The number of benzene rings is 3. The second kappa shape index (κ2) is 8.14. The van der Waals surface area contributed by atoms with Gasteiger partial charge in [0.2, 0.25) is 0 Å². The Bertz CT molecular complexity index is 1090. The van der Waals surface area contributed by atoms with Gasteiger partial charge in [0.25, 0.3) is 15.9 Å². The van der Waals surface area contributed by atoms with Gasteiger partial charge >= 0.3 is 0 Å². The van der Waals surface area contributed by atoms with Crippen molar-refractivity contribution in [1.29, 1.82) is 0 Å². The Morgan fingerprint density at radius 2 is 1.64 bits per heavy atom. The summed E-state index contributed by atoms with van der Waals surface area (Å²) in [7, 11) is -2.35. The quantitative estimate of drug-likeness (QED) is 0.658. The Labute approximate surface area is 164 Å². The summed E-state index contributed by atoms with van der Waals surface area (Å²) in [5.74, 6) is 0.104. The monoisotopic (exact) mass is 396 g/mol. The van der Waals surface area contributed by atoms with Gasteiger partial charge in [-0.25, -0.2) is 8.42 Å². The first kappa shape index (κ1) is 19.4. The van der Waals surface area contributed by atoms with Crippen LogP contribution in [0, 0.1) is 6.92 Å². The van der Waals surface area contributed by atoms with Gasteiger partial charge in [-0.1, -0.05) is 24.3 Å². The molecule has 0 saturated carbocycles. The summed E-state index contributed by atoms with van der Waals surface area (Å²) in [5.41, 5.74) is 2.41. The third kappa shape index (κ3) is 4.50. The fraction of sp³-hybridized carbons (Fsp3) is 0.0952. The Hall–Kier alpha value is -3.32. The van der Waals surface area contributed by atoms with E-state index in [0.29, 0.717) is 22.7 Å². The Morgan fingerprint density at radius 3 is 2.32 bits per heavy atom. The van der Waals surface area contributed by atoms with Crippen LogP contribution in [0.5, 0.6) is 5.75 Å². The predicted octanol–water partition coefficient (Wildman–Crippen LogP) is 4.06. The fourth-order valence-corrected chi connectivity index (χ4v) is 3.71. The number of ether oxygens (including phenoxy) is 1. The molecule has 3 aromatic rings. The van der Waals surface area contributed by atoms with Crippen molar-refractivity contribution in [2.45, 2.75) is 11.8 Å². The lowest BCUT2D eigenvalue weighted by Crippen LogP contribution is -2.15. The summed E-state index contributed by atoms with van der Waals surface area (Å²) < 4.78 is 32.9. The van der Waals surface area contributed by atoms with Gasteiger partial charge in [-0.15, -0.1) is 0 Å². The molecule has 3 aromatic carbocycles. The number of methoxy groups -OCH3 is 1. The Balaban J connectivity index is 1.76. The molecule has 0 aliphatic carbocycles. The summed E-state index contributed by atoms with van der Waals surface area (Å²) in [6, 6.07) is 19.9. The van der Waals surface area contributed by atoms with Crippen LogP contribution >= 0.6 is 0 Å². The van der Waals surface area contributed by atoms with Crippen molar-refractivity contribution in [3.8, 4) is 5.75 Å². The lowest BCUT2D eigenvalue weighted by molar-refractivity contribution is 0.102. The van der Waals surface area contributed by atoms with E-state index in [1.165, 1.54) is 31.4 Å². The molecule has 0 spiro atoms. The molecule has 0 heterocycles. The van der Waals surface area contributed by atoms with Crippen LogP contribution in [0.2, 0.25) is 0 Å². The molecular formula is C21H20N2O4S. The van der Waals surface area contributed by atoms with Gasteiger partial charge in [0.15, 0.2) is 0 Å². The molecule has 0 aromatic heterocycles. The number of carbonyl (C=O) groups is 1. The van der Waals surface area contributed by atoms with E-state index < -0.39 is 10.0 Å². The maximum atomic E-state index is 12.6. The highest BCUT2D eigenvalue weighted by atomic mass is 32.2. The van der Waals surface area contributed by atoms with Crippen molar-refractivity contribution < 1.29 is 17.9 Å². The second-order valence-corrected chi connectivity index (χ2v) is 7.84. The molecule has 28 heavy (non-hydrogen) atoms. The topological polar surface area (TPSA) is 84.5 Å². The van der Waals surface area contributed by atoms with Gasteiger partial charge in [0, 0.05) is 11.3 Å². The molecule has 144 valence electrons. The average molecular weight is 396 g/mol. The van der Waals surface area contributed by atoms with Crippen LogP contribution in [0.1, 0.15) is 15.9 Å². The zero-order chi connectivity index (χ0) is 20.1. The number of para-hydroxylation sites is 2. The Morgan fingerprint density at radius 1 is 0.929 bits per heavy atom. The van der Waals surface area contributed by atoms with Crippen LogP contribution in [0.25, 0.3) is 0 Å². The zero-order valence-corrected chi connectivity index (χ0v) is 16.3. The first-order valence-electron chi connectivity index (χ1n) is 8.53. The van der Waals surface area contributed by atoms with E-state index in [4.69, 9.17) is 4.74 Å². The summed E-state index contributed by atoms with van der Waals surface area (Å²) in [6.45, 7) is 1.93. The molecule has 0 aliphatic rings. The normalized spacial score (nSPS) is 10.9. The average Bonchev–Trinajstić information content (AvgIpc) is 2.68. The van der Waals surface area contributed by atoms with Crippen molar-refractivity contribution >= 4 is 27.3 Å². The number of carbonyl (C=O) groups excluding carboxylic acids is 1. The lowest BCUT2D eigenvalue weighted by Gasteiger charge is -2.12. The Kier molecular flexibility index (Phi) is 5.65. The van der Waals surface area contributed by atoms with Crippen molar-refractivity contribution in [3.05, 3.63) is 83.9 Å². The van der Waals surface area contributed by atoms with Gasteiger partial charge < -0.3 is 10.1 Å². The number of rotatable bonds is 6. The van der Waals surface area contributed by atoms with E-state index in [0.717, 1.165) is 5.56 Å². The molecule has 0 aliphatic heterocycles. The SMILES string of the molecule is COc1ccccc1NS(=O)(=O)c1ccc(C(=O)Nc2cccc(C)c2)cc1. The van der Waals surface area contributed by atoms with Gasteiger partial charge in [0.05, 0.1) is 17.7 Å². The van der Waals surface area contributed by atoms with Crippen LogP contribution < -0.4 is 14.8 Å². The summed E-state index contributed by atoms with van der Waals surface area (Å²) in [5, 5.41) is 2.79. The largest absolute Gasteiger partial charge is 0.495 e. The van der Waals surface area contributed by atoms with Crippen LogP contribution in [0.15, 0.2) is 77.7 Å². The predicted molar refractivity (Wildman–Crippen MR) is 109 cm³/mol. The van der Waals surface area contributed by atoms with Gasteiger partial charge in [-0.3, -0.25) is 9.52 Å². The number of hydrogen-bond donors (Lipinski definition) is 2. The van der Waals surface area contributed by atoms with Crippen LogP contribution in [0.3, 0.4) is 0 Å². The van der Waals surface area contributed by atoms with E-state index in [1.54, 1.807) is 30.3 Å². The first-order chi connectivity index (χ1) is 13.4. The van der Waals surface area contributed by atoms with E-state index in [2.05, 4.69) is 10.0 Å². The molecule has 7 heteroatoms. The standard InChI is InChI=1S/C21H20N2O4S/c1-15-6-5-7-17(14-15)22-21(24)16-10-12-18(13-11-16)28(25,26)23-19-8-3-4-9-20(19)27-2/h3-14,23H,1-2H3,(H,22,24). The van der Waals surface area contributed by atoms with Crippen molar-refractivity contribution in [2.24, 2.45) is 0 Å². The van der Waals surface area contributed by atoms with Gasteiger partial charge in [-0.05, 0) is 61.0 Å². The number of sulfonamides is 1. The first-order valence-corrected chi connectivity index (χ1v) is 10.0. The number of anilines is 2. The summed E-state index contributed by atoms with van der Waals surface area (Å²) >= 11 is 0. The molecule has 0 saturated heterocycles. The summed E-state index contributed by atoms with van der Waals surface area (Å²) in [6.07, 6.45) is 0. The minimum absolute atomic E-state index is 0.0468. The van der Waals surface area contributed by atoms with Crippen LogP contribution in [-0.2, 0) is 10.0 Å². The number of amides is 1. The highest BCUT2D eigenvalue weighted by Crippen LogP contribution is 2.26. The van der Waals surface area contributed by atoms with Crippen molar-refractivity contribution in [3.63, 3.8) is 0 Å². The van der Waals surface area contributed by atoms with E-state index in [1.807, 2.05) is 25.1 Å². The maximum Gasteiger partial charge on any atom is 0.262 e. The smallest absolute Gasteiger partial charge is 0.262 e. The van der Waals surface area contributed by atoms with Crippen LogP contribution in [0.4, 0.5) is 11.4 Å². The molecule has 0 atom stereocenters. The van der Waals surface area contributed by atoms with E-state index in [-0.39, 0.29) is 10.8 Å². The third-order valence-electron chi connectivity index (χ3n) is 4.05. The fourth-order valence-electron chi connectivity index (χ4n) is 2.64. The molecule has 3 rings (SSSR count). The number of aryl methyl sites for hydroxylation is 1. The summed E-state index contributed by atoms with van der Waals surface area (Å²) in [4.78, 5) is 12.4. The van der Waals surface area contributed by atoms with Gasteiger partial charge in [0.1, 0.15) is 5.75 Å². The number of hydrogen-bond acceptors (Lipinski definition) is 4. The molecule has 2 N–H and O–H groups in total. The molecule has 0 radical (unpaired) electrons. The highest BCUT2D eigenvalue weighted by Gasteiger charge is 2.17. The molecule has 0 bridgehead atoms. The van der Waals surface area contributed by atoms with Crippen molar-refractivity contribution in [1.82, 2.24) is 0 Å². The van der Waals surface area contributed by atoms with Gasteiger partial charge in [-0.2, -0.15) is 0 Å². The van der Waals surface area contributed by atoms with Crippen LogP contribution in [-0.4, -0.2) is 21.4 Å². The minimum atomic E-state index is -3.81. The van der Waals surface area contributed by atoms with Crippen molar-refractivity contribution in [2.75, 3.05) is 17.1 Å². The number of nitrogens with one attached hydrogen (secondary N) is 2. The highest BCUT2D eigenvalue weighted by molar-refractivity contribution is 7.92. The van der Waals surface area contributed by atoms with E-state index in [9.17, 15) is 13.2 Å². The molecule has 1 amide bonds. The second-order valence-electron chi connectivity index (χ2n) is 6.15. The zero-order valence-electron chi connectivity index (χ0n) is 15.5. The maximum absolute atomic E-state index is 12.6. The minimum Gasteiger partial charge on any atom is -0.495 e. The molecule has 0 fully saturated rings. The molecule has 0 unspecified atom stereocenters. The molecular weight excluding hydrogens is 376 g/mol. The lowest BCUT2D eigenvalue weighted by atomic mass is 10.2.